The lowest BCUT2D eigenvalue weighted by molar-refractivity contribution is 0.167. The summed E-state index contributed by atoms with van der Waals surface area (Å²) in [6.07, 6.45) is 2.65. The van der Waals surface area contributed by atoms with Crippen molar-refractivity contribution in [3.63, 3.8) is 0 Å². The van der Waals surface area contributed by atoms with Crippen molar-refractivity contribution in [1.82, 2.24) is 4.90 Å². The van der Waals surface area contributed by atoms with Gasteiger partial charge in [0.05, 0.1) is 19.8 Å². The van der Waals surface area contributed by atoms with Crippen LogP contribution in [0.4, 0.5) is 4.39 Å². The van der Waals surface area contributed by atoms with Crippen LogP contribution in [0.2, 0.25) is 0 Å². The van der Waals surface area contributed by atoms with Crippen molar-refractivity contribution in [1.29, 1.82) is 0 Å². The van der Waals surface area contributed by atoms with Crippen LogP contribution in [0.1, 0.15) is 20.3 Å². The van der Waals surface area contributed by atoms with E-state index < -0.39 is 0 Å². The first kappa shape index (κ1) is 17.9. The third-order valence-electron chi connectivity index (χ3n) is 2.92. The molecule has 0 heterocycles. The summed E-state index contributed by atoms with van der Waals surface area (Å²) in [5, 5.41) is 0. The fourth-order valence-electron chi connectivity index (χ4n) is 1.54. The molecule has 2 nitrogen and oxygen atoms in total. The summed E-state index contributed by atoms with van der Waals surface area (Å²) in [7, 11) is 3.69. The van der Waals surface area contributed by atoms with Crippen molar-refractivity contribution in [2.45, 2.75) is 20.3 Å². The third kappa shape index (κ3) is 8.58. The number of halogens is 1. The van der Waals surface area contributed by atoms with Crippen LogP contribution in [0.5, 0.6) is 0 Å². The first-order valence-corrected chi connectivity index (χ1v) is 6.64. The summed E-state index contributed by atoms with van der Waals surface area (Å²) in [4.78, 5) is 2.09. The molecule has 108 valence electrons. The van der Waals surface area contributed by atoms with Gasteiger partial charge in [0.2, 0.25) is 0 Å². The molecule has 0 saturated carbocycles. The molecule has 0 aromatic heterocycles. The minimum atomic E-state index is -0.355. The van der Waals surface area contributed by atoms with Gasteiger partial charge in [0.25, 0.3) is 0 Å². The van der Waals surface area contributed by atoms with Crippen LogP contribution in [0, 0.1) is 17.8 Å². The van der Waals surface area contributed by atoms with Crippen molar-refractivity contribution in [3.8, 4) is 11.8 Å². The van der Waals surface area contributed by atoms with Crippen LogP contribution < -0.4 is 0 Å². The van der Waals surface area contributed by atoms with Crippen LogP contribution in [-0.4, -0.2) is 45.4 Å². The molecule has 0 rings (SSSR count). The maximum Gasteiger partial charge on any atom is 0.0962 e. The Morgan fingerprint density at radius 1 is 1.53 bits per heavy atom. The molecule has 0 spiro atoms. The van der Waals surface area contributed by atoms with Crippen LogP contribution in [0.3, 0.4) is 0 Å². The Bertz CT molecular complexity index is 347. The van der Waals surface area contributed by atoms with E-state index in [1.807, 2.05) is 27.0 Å². The molecule has 0 N–H and O–H groups in total. The van der Waals surface area contributed by atoms with Gasteiger partial charge in [0.15, 0.2) is 0 Å². The van der Waals surface area contributed by atoms with E-state index in [9.17, 15) is 4.39 Å². The average molecular weight is 267 g/mol. The number of methoxy groups -OCH3 is 1. The average Bonchev–Trinajstić information content (AvgIpc) is 2.37. The Morgan fingerprint density at radius 2 is 2.21 bits per heavy atom. The molecule has 19 heavy (non-hydrogen) atoms. The Hall–Kier alpha value is -1.11. The largest absolute Gasteiger partial charge is 0.383 e. The standard InChI is InChI=1S/C16H26FNO/c1-6-16(13-17)15(3)12-14(2)8-7-9-18(4)10-11-19-5/h12,16H,3,6,9-11,13H2,1-2,4-5H3/b14-12+. The van der Waals surface area contributed by atoms with Crippen molar-refractivity contribution >= 4 is 0 Å². The van der Waals surface area contributed by atoms with E-state index in [4.69, 9.17) is 4.74 Å². The van der Waals surface area contributed by atoms with Crippen LogP contribution in [-0.2, 0) is 4.74 Å². The topological polar surface area (TPSA) is 12.5 Å². The zero-order valence-corrected chi connectivity index (χ0v) is 12.6. The van der Waals surface area contributed by atoms with E-state index >= 15 is 0 Å². The van der Waals surface area contributed by atoms with Crippen LogP contribution in [0.15, 0.2) is 23.8 Å². The summed E-state index contributed by atoms with van der Waals surface area (Å²) in [6.45, 7) is 9.71. The van der Waals surface area contributed by atoms with E-state index in [-0.39, 0.29) is 12.6 Å². The van der Waals surface area contributed by atoms with Gasteiger partial charge in [-0.25, -0.2) is 0 Å². The first-order chi connectivity index (χ1) is 9.04. The second-order valence-corrected chi connectivity index (χ2v) is 4.69. The fourth-order valence-corrected chi connectivity index (χ4v) is 1.54. The van der Waals surface area contributed by atoms with E-state index in [1.165, 1.54) is 0 Å². The molecule has 0 bridgehead atoms. The number of likely N-dealkylation sites (N-methyl/N-ethyl adjacent to an activating group) is 1. The maximum absolute atomic E-state index is 12.7. The van der Waals surface area contributed by atoms with E-state index in [0.29, 0.717) is 13.2 Å². The predicted molar refractivity (Wildman–Crippen MR) is 79.8 cm³/mol. The SMILES string of the molecule is C=C(/C=C(\C)C#CCN(C)CCOC)C(CC)CF. The second kappa shape index (κ2) is 10.8. The van der Waals surface area contributed by atoms with Gasteiger partial charge in [-0.05, 0) is 37.6 Å². The molecule has 0 aromatic carbocycles. The van der Waals surface area contributed by atoms with Gasteiger partial charge in [0.1, 0.15) is 0 Å². The minimum Gasteiger partial charge on any atom is -0.383 e. The Morgan fingerprint density at radius 3 is 2.74 bits per heavy atom. The number of hydrogen-bond acceptors (Lipinski definition) is 2. The molecule has 0 aromatic rings. The van der Waals surface area contributed by atoms with Crippen molar-refractivity contribution in [3.05, 3.63) is 23.8 Å². The normalized spacial score (nSPS) is 13.1. The zero-order valence-electron chi connectivity index (χ0n) is 12.6. The Balaban J connectivity index is 4.29. The summed E-state index contributed by atoms with van der Waals surface area (Å²) in [5.74, 6) is 6.08. The number of nitrogens with zero attached hydrogens (tertiary/aromatic N) is 1. The molecule has 1 unspecified atom stereocenters. The number of hydrogen-bond donors (Lipinski definition) is 0. The highest BCUT2D eigenvalue weighted by molar-refractivity contribution is 5.34. The number of ether oxygens (including phenoxy) is 1. The third-order valence-corrected chi connectivity index (χ3v) is 2.92. The summed E-state index contributed by atoms with van der Waals surface area (Å²) >= 11 is 0. The van der Waals surface area contributed by atoms with E-state index in [0.717, 1.165) is 24.1 Å². The Kier molecular flexibility index (Phi) is 10.1. The van der Waals surface area contributed by atoms with Crippen LogP contribution in [0.25, 0.3) is 0 Å². The molecule has 0 aliphatic rings. The van der Waals surface area contributed by atoms with Gasteiger partial charge in [0, 0.05) is 19.6 Å². The summed E-state index contributed by atoms with van der Waals surface area (Å²) in [6, 6.07) is 0. The number of rotatable bonds is 8. The molecule has 0 saturated heterocycles. The fraction of sp³-hybridized carbons (Fsp3) is 0.625. The number of alkyl halides is 1. The summed E-state index contributed by atoms with van der Waals surface area (Å²) < 4.78 is 17.7. The van der Waals surface area contributed by atoms with Gasteiger partial charge < -0.3 is 4.74 Å². The van der Waals surface area contributed by atoms with Crippen LogP contribution >= 0.6 is 0 Å². The quantitative estimate of drug-likeness (QED) is 0.495. The number of allylic oxidation sites excluding steroid dienone is 3. The molecule has 0 aliphatic heterocycles. The van der Waals surface area contributed by atoms with Gasteiger partial charge >= 0.3 is 0 Å². The van der Waals surface area contributed by atoms with E-state index in [1.54, 1.807) is 7.11 Å². The maximum atomic E-state index is 12.7. The predicted octanol–water partition coefficient (Wildman–Crippen LogP) is 3.07. The molecule has 3 heteroatoms. The lowest BCUT2D eigenvalue weighted by atomic mass is 9.97. The van der Waals surface area contributed by atoms with E-state index in [2.05, 4.69) is 23.3 Å². The van der Waals surface area contributed by atoms with Crippen molar-refractivity contribution in [2.75, 3.05) is 40.5 Å². The lowest BCUT2D eigenvalue weighted by Crippen LogP contribution is -2.22. The molecule has 1 atom stereocenters. The molecular formula is C16H26FNO. The molecule has 0 fully saturated rings. The van der Waals surface area contributed by atoms with Gasteiger partial charge in [-0.2, -0.15) is 0 Å². The molecule has 0 aliphatic carbocycles. The van der Waals surface area contributed by atoms with Gasteiger partial charge in [-0.15, -0.1) is 0 Å². The molecular weight excluding hydrogens is 241 g/mol. The highest BCUT2D eigenvalue weighted by Gasteiger charge is 2.07. The monoisotopic (exact) mass is 267 g/mol. The lowest BCUT2D eigenvalue weighted by Gasteiger charge is -2.11. The van der Waals surface area contributed by atoms with Crippen molar-refractivity contribution < 1.29 is 9.13 Å². The van der Waals surface area contributed by atoms with Gasteiger partial charge in [-0.3, -0.25) is 9.29 Å². The molecule has 0 amide bonds. The zero-order chi connectivity index (χ0) is 14.7. The smallest absolute Gasteiger partial charge is 0.0962 e. The molecule has 0 radical (unpaired) electrons. The van der Waals surface area contributed by atoms with Gasteiger partial charge in [-0.1, -0.05) is 25.3 Å². The first-order valence-electron chi connectivity index (χ1n) is 6.64. The minimum absolute atomic E-state index is 0.0823. The second-order valence-electron chi connectivity index (χ2n) is 4.69. The summed E-state index contributed by atoms with van der Waals surface area (Å²) in [5.41, 5.74) is 1.75. The highest BCUT2D eigenvalue weighted by atomic mass is 19.1. The highest BCUT2D eigenvalue weighted by Crippen LogP contribution is 2.16. The Labute approximate surface area is 117 Å². The van der Waals surface area contributed by atoms with Crippen molar-refractivity contribution in [2.24, 2.45) is 5.92 Å².